The Morgan fingerprint density at radius 3 is 2.78 bits per heavy atom. The Kier molecular flexibility index (Phi) is 4.44. The minimum absolute atomic E-state index is 1.10. The van der Waals surface area contributed by atoms with Gasteiger partial charge >= 0.3 is 0 Å². The van der Waals surface area contributed by atoms with E-state index in [0.717, 1.165) is 18.0 Å². The highest BCUT2D eigenvalue weighted by atomic mass is 32.2. The van der Waals surface area contributed by atoms with Gasteiger partial charge in [-0.05, 0) is 24.3 Å². The largest absolute Gasteiger partial charge is 0.349 e. The first-order valence-corrected chi connectivity index (χ1v) is 10.7. The lowest BCUT2D eigenvalue weighted by Gasteiger charge is -1.95. The van der Waals surface area contributed by atoms with Crippen LogP contribution in [0.1, 0.15) is 10.6 Å². The van der Waals surface area contributed by atoms with E-state index in [0.29, 0.717) is 0 Å². The molecule has 2 aromatic carbocycles. The minimum Gasteiger partial charge on any atom is -0.349 e. The van der Waals surface area contributed by atoms with Gasteiger partial charge in [0.15, 0.2) is 6.54 Å². The number of hydrogen-bond donors (Lipinski definition) is 1. The third-order valence-electron chi connectivity index (χ3n) is 4.73. The number of benzene rings is 2. The van der Waals surface area contributed by atoms with Gasteiger partial charge in [-0.15, -0.1) is 0 Å². The summed E-state index contributed by atoms with van der Waals surface area (Å²) < 4.78 is 3.84. The third-order valence-corrected chi connectivity index (χ3v) is 6.88. The number of fused-ring (bicyclic) bond motifs is 1. The van der Waals surface area contributed by atoms with Crippen LogP contribution in [0.25, 0.3) is 16.3 Å². The number of anilines is 1. The van der Waals surface area contributed by atoms with E-state index >= 15 is 0 Å². The molecule has 2 nitrogen and oxygen atoms in total. The van der Waals surface area contributed by atoms with Gasteiger partial charge in [0.2, 0.25) is 5.52 Å². The molecule has 4 heteroatoms. The summed E-state index contributed by atoms with van der Waals surface area (Å²) >= 11 is 3.64. The fraction of sp³-hybridized carbons (Fsp3) is 0.0870. The third kappa shape index (κ3) is 3.27. The highest BCUT2D eigenvalue weighted by Crippen LogP contribution is 2.40. The van der Waals surface area contributed by atoms with Gasteiger partial charge in [0.25, 0.3) is 5.01 Å². The summed E-state index contributed by atoms with van der Waals surface area (Å²) in [5.74, 6) is 0. The average Bonchev–Trinajstić information content (AvgIpc) is 3.39. The van der Waals surface area contributed by atoms with E-state index in [1.165, 1.54) is 31.4 Å². The summed E-state index contributed by atoms with van der Waals surface area (Å²) in [4.78, 5) is 1.28. The van der Waals surface area contributed by atoms with Crippen LogP contribution >= 0.6 is 23.1 Å². The molecule has 0 aliphatic carbocycles. The van der Waals surface area contributed by atoms with Gasteiger partial charge in [-0.1, -0.05) is 77.7 Å². The molecule has 3 heterocycles. The Morgan fingerprint density at radius 2 is 1.81 bits per heavy atom. The Bertz CT molecular complexity index is 1110. The Balaban J connectivity index is 1.22. The maximum absolute atomic E-state index is 3.42. The number of thiazole rings is 1. The van der Waals surface area contributed by atoms with Crippen molar-refractivity contribution in [2.24, 2.45) is 0 Å². The van der Waals surface area contributed by atoms with Crippen molar-refractivity contribution in [3.05, 3.63) is 94.5 Å². The second kappa shape index (κ2) is 7.22. The van der Waals surface area contributed by atoms with E-state index in [1.807, 2.05) is 11.3 Å². The zero-order chi connectivity index (χ0) is 18.1. The molecule has 0 radical (unpaired) electrons. The lowest BCUT2D eigenvalue weighted by molar-refractivity contribution is -0.661. The van der Waals surface area contributed by atoms with E-state index in [2.05, 4.69) is 94.9 Å². The molecule has 5 rings (SSSR count). The van der Waals surface area contributed by atoms with Crippen LogP contribution in [-0.4, -0.2) is 0 Å². The summed E-state index contributed by atoms with van der Waals surface area (Å²) in [5.41, 5.74) is 4.11. The molecule has 0 unspecified atom stereocenters. The van der Waals surface area contributed by atoms with Gasteiger partial charge in [-0.25, -0.2) is 0 Å². The number of aromatic nitrogens is 1. The molecule has 0 bridgehead atoms. The van der Waals surface area contributed by atoms with Crippen molar-refractivity contribution in [3.8, 4) is 0 Å². The number of para-hydroxylation sites is 2. The molecular weight excluding hydrogens is 368 g/mol. The summed E-state index contributed by atoms with van der Waals surface area (Å²) in [6.07, 6.45) is 15.9. The second-order valence-corrected chi connectivity index (χ2v) is 8.63. The van der Waals surface area contributed by atoms with E-state index in [1.54, 1.807) is 11.8 Å². The zero-order valence-electron chi connectivity index (χ0n) is 14.8. The van der Waals surface area contributed by atoms with Crippen LogP contribution in [-0.2, 0) is 13.0 Å². The van der Waals surface area contributed by atoms with Crippen molar-refractivity contribution in [1.82, 2.24) is 0 Å². The molecular formula is C23H19N2S2+. The molecule has 27 heavy (non-hydrogen) atoms. The number of allylic oxidation sites excluding steroid dienone is 6. The molecule has 2 aliphatic rings. The van der Waals surface area contributed by atoms with Crippen molar-refractivity contribution in [1.29, 1.82) is 0 Å². The van der Waals surface area contributed by atoms with Crippen molar-refractivity contribution in [3.63, 3.8) is 0 Å². The molecule has 0 saturated carbocycles. The van der Waals surface area contributed by atoms with Gasteiger partial charge in [0, 0.05) is 23.0 Å². The van der Waals surface area contributed by atoms with Gasteiger partial charge in [-0.3, -0.25) is 0 Å². The highest BCUT2D eigenvalue weighted by molar-refractivity contribution is 8.03. The smallest absolute Gasteiger partial charge is 0.262 e. The zero-order valence-corrected chi connectivity index (χ0v) is 16.4. The van der Waals surface area contributed by atoms with Crippen LogP contribution in [0.3, 0.4) is 0 Å². The quantitative estimate of drug-likeness (QED) is 0.441. The maximum Gasteiger partial charge on any atom is 0.262 e. The van der Waals surface area contributed by atoms with E-state index in [9.17, 15) is 0 Å². The fourth-order valence-electron chi connectivity index (χ4n) is 3.50. The van der Waals surface area contributed by atoms with Crippen molar-refractivity contribution < 1.29 is 4.57 Å². The number of aryl methyl sites for hydroxylation is 2. The van der Waals surface area contributed by atoms with Gasteiger partial charge < -0.3 is 5.32 Å². The minimum atomic E-state index is 1.10. The number of thioether (sulfide) groups is 1. The Labute approximate surface area is 167 Å². The van der Waals surface area contributed by atoms with Crippen LogP contribution in [0.5, 0.6) is 0 Å². The maximum atomic E-state index is 3.42. The van der Waals surface area contributed by atoms with Crippen LogP contribution in [0.4, 0.5) is 5.69 Å². The lowest BCUT2D eigenvalue weighted by Crippen LogP contribution is -2.31. The molecule has 0 spiro atoms. The molecule has 132 valence electrons. The van der Waals surface area contributed by atoms with E-state index < -0.39 is 0 Å². The van der Waals surface area contributed by atoms with E-state index in [-0.39, 0.29) is 0 Å². The second-order valence-electron chi connectivity index (χ2n) is 6.49. The van der Waals surface area contributed by atoms with Crippen LogP contribution in [0, 0.1) is 0 Å². The molecule has 2 aliphatic heterocycles. The van der Waals surface area contributed by atoms with Crippen LogP contribution < -0.4 is 9.88 Å². The SMILES string of the molecule is C(=CC=Cc1sc2cccc3c2[n+]1CC3)C=CC=C1Nc2ccccc2S1. The molecule has 0 fully saturated rings. The van der Waals surface area contributed by atoms with Gasteiger partial charge in [0.1, 0.15) is 4.70 Å². The first-order chi connectivity index (χ1) is 13.4. The first-order valence-electron chi connectivity index (χ1n) is 9.08. The number of nitrogens with one attached hydrogen (secondary N) is 1. The standard InChI is InChI=1S/C23H18N2S2/c1(2-4-13-21-24-18-10-6-7-11-19(18)26-21)3-5-14-22-25-16-15-17-9-8-12-20(27-22)23(17)25/h1-14H,15-16H2/p+1. The number of rotatable bonds is 4. The summed E-state index contributed by atoms with van der Waals surface area (Å²) in [5, 5.41) is 5.91. The van der Waals surface area contributed by atoms with Gasteiger partial charge in [-0.2, -0.15) is 4.57 Å². The van der Waals surface area contributed by atoms with Crippen LogP contribution in [0.2, 0.25) is 0 Å². The van der Waals surface area contributed by atoms with E-state index in [4.69, 9.17) is 0 Å². The fourth-order valence-corrected chi connectivity index (χ4v) is 5.57. The van der Waals surface area contributed by atoms with Gasteiger partial charge in [0.05, 0.1) is 10.7 Å². The monoisotopic (exact) mass is 387 g/mol. The molecule has 0 atom stereocenters. The van der Waals surface area contributed by atoms with Crippen LogP contribution in [0.15, 0.2) is 88.8 Å². The Hall–Kier alpha value is -2.56. The van der Waals surface area contributed by atoms with Crippen molar-refractivity contribution in [2.75, 3.05) is 5.32 Å². The lowest BCUT2D eigenvalue weighted by atomic mass is 10.2. The molecule has 1 aromatic heterocycles. The van der Waals surface area contributed by atoms with Crippen molar-refractivity contribution in [2.45, 2.75) is 17.9 Å². The average molecular weight is 388 g/mol. The highest BCUT2D eigenvalue weighted by Gasteiger charge is 2.27. The normalized spacial score (nSPS) is 17.1. The predicted molar refractivity (Wildman–Crippen MR) is 117 cm³/mol. The number of nitrogens with zero attached hydrogens (tertiary/aromatic N) is 1. The summed E-state index contributed by atoms with van der Waals surface area (Å²) in [6.45, 7) is 1.10. The molecule has 0 saturated heterocycles. The molecule has 1 N–H and O–H groups in total. The summed E-state index contributed by atoms with van der Waals surface area (Å²) in [7, 11) is 0. The first kappa shape index (κ1) is 16.6. The molecule has 0 amide bonds. The Morgan fingerprint density at radius 1 is 0.926 bits per heavy atom. The predicted octanol–water partition coefficient (Wildman–Crippen LogP) is 5.93. The number of hydrogen-bond acceptors (Lipinski definition) is 3. The van der Waals surface area contributed by atoms with Crippen molar-refractivity contribution >= 4 is 45.1 Å². The summed E-state index contributed by atoms with van der Waals surface area (Å²) in [6, 6.07) is 15.0. The topological polar surface area (TPSA) is 15.9 Å². The molecule has 3 aromatic rings.